The smallest absolute Gasteiger partial charge is 0.261 e. The lowest BCUT2D eigenvalue weighted by Crippen LogP contribution is -2.66. The maximum atomic E-state index is 7.31. The molecule has 0 amide bonds. The number of ether oxygens (including phenoxy) is 2. The van der Waals surface area contributed by atoms with E-state index in [1.165, 1.54) is 10.4 Å². The summed E-state index contributed by atoms with van der Waals surface area (Å²) in [6.07, 6.45) is 3.31. The summed E-state index contributed by atoms with van der Waals surface area (Å²) in [4.78, 5) is 0. The molecule has 6 heteroatoms. The molecule has 0 bridgehead atoms. The molecule has 0 radical (unpaired) electrons. The Hall–Kier alpha value is -1.99. The van der Waals surface area contributed by atoms with Crippen LogP contribution in [0.3, 0.4) is 0 Å². The van der Waals surface area contributed by atoms with Crippen molar-refractivity contribution in [2.45, 2.75) is 105 Å². The number of benzene rings is 2. The third kappa shape index (κ3) is 8.10. The van der Waals surface area contributed by atoms with Crippen molar-refractivity contribution < 1.29 is 13.9 Å². The van der Waals surface area contributed by atoms with Crippen LogP contribution in [0.25, 0.3) is 0 Å². The monoisotopic (exact) mass is 580 g/mol. The van der Waals surface area contributed by atoms with E-state index in [0.717, 1.165) is 31.6 Å². The normalized spacial score (nSPS) is 23.2. The molecule has 1 aliphatic rings. The Labute approximate surface area is 251 Å². The van der Waals surface area contributed by atoms with Crippen LogP contribution >= 0.6 is 0 Å². The SMILES string of the molecule is CC[C@H](CC[C@@H]1OC(C)(C)O[C@@H]([C@@H](C)/C(C)=N/N(C)C)[C@@H]1C)CO[Si](c1ccccc1)(c1ccccc1)C(C)(C)C. The molecule has 5 nitrogen and oxygen atoms in total. The Balaban J connectivity index is 1.80. The van der Waals surface area contributed by atoms with Gasteiger partial charge in [-0.05, 0) is 54.9 Å². The first-order chi connectivity index (χ1) is 19.2. The van der Waals surface area contributed by atoms with Crippen LogP contribution in [0.4, 0.5) is 0 Å². The molecule has 1 saturated heterocycles. The van der Waals surface area contributed by atoms with Gasteiger partial charge in [0.25, 0.3) is 8.32 Å². The van der Waals surface area contributed by atoms with Crippen molar-refractivity contribution >= 4 is 24.4 Å². The van der Waals surface area contributed by atoms with Gasteiger partial charge < -0.3 is 18.9 Å². The average molecular weight is 581 g/mol. The fourth-order valence-corrected chi connectivity index (χ4v) is 11.1. The van der Waals surface area contributed by atoms with E-state index < -0.39 is 14.1 Å². The van der Waals surface area contributed by atoms with Gasteiger partial charge in [0.1, 0.15) is 0 Å². The second-order valence-corrected chi connectivity index (χ2v) is 18.0. The van der Waals surface area contributed by atoms with Crippen LogP contribution in [0.1, 0.15) is 81.6 Å². The van der Waals surface area contributed by atoms with Crippen molar-refractivity contribution in [3.63, 3.8) is 0 Å². The lowest BCUT2D eigenvalue weighted by atomic mass is 9.82. The van der Waals surface area contributed by atoms with E-state index in [4.69, 9.17) is 13.9 Å². The van der Waals surface area contributed by atoms with Gasteiger partial charge in [-0.2, -0.15) is 5.10 Å². The first-order valence-electron chi connectivity index (χ1n) is 15.5. The van der Waals surface area contributed by atoms with Crippen LogP contribution in [-0.4, -0.2) is 57.7 Å². The number of hydrazone groups is 1. The molecule has 0 saturated carbocycles. The molecule has 1 heterocycles. The number of hydrogen-bond donors (Lipinski definition) is 0. The van der Waals surface area contributed by atoms with E-state index >= 15 is 0 Å². The maximum absolute atomic E-state index is 7.31. The Morgan fingerprint density at radius 3 is 2.00 bits per heavy atom. The Morgan fingerprint density at radius 2 is 1.54 bits per heavy atom. The quantitative estimate of drug-likeness (QED) is 0.153. The Kier molecular flexibility index (Phi) is 11.4. The first kappa shape index (κ1) is 33.5. The van der Waals surface area contributed by atoms with E-state index in [2.05, 4.69) is 114 Å². The summed E-state index contributed by atoms with van der Waals surface area (Å²) in [6, 6.07) is 21.9. The molecule has 2 aromatic carbocycles. The Bertz CT molecular complexity index is 1060. The van der Waals surface area contributed by atoms with Crippen LogP contribution in [0, 0.1) is 17.8 Å². The van der Waals surface area contributed by atoms with Gasteiger partial charge in [0.2, 0.25) is 0 Å². The zero-order chi connectivity index (χ0) is 30.4. The molecular formula is C35H56N2O3Si. The molecule has 1 aliphatic heterocycles. The standard InChI is InChI=1S/C35H56N2O3Si/c1-12-29(23-24-32-27(3)33(40-35(8,9)39-32)26(2)28(4)36-37(10)11)25-38-41(34(5,6)7,30-19-15-13-16-20-30)31-21-17-14-18-22-31/h13-22,26-27,29,32-33H,12,23-25H2,1-11H3/b36-28+/t26-,27+,29+,32-,33-/m0/s1. The summed E-state index contributed by atoms with van der Waals surface area (Å²) in [5, 5.41) is 9.20. The molecule has 0 spiro atoms. The predicted octanol–water partition coefficient (Wildman–Crippen LogP) is 7.10. The lowest BCUT2D eigenvalue weighted by Gasteiger charge is -2.47. The highest BCUT2D eigenvalue weighted by Gasteiger charge is 2.50. The molecule has 41 heavy (non-hydrogen) atoms. The number of nitrogens with zero attached hydrogens (tertiary/aromatic N) is 2. The molecule has 0 aromatic heterocycles. The molecule has 3 rings (SSSR count). The highest BCUT2D eigenvalue weighted by molar-refractivity contribution is 6.99. The minimum absolute atomic E-state index is 0.0221. The molecule has 5 atom stereocenters. The zero-order valence-electron chi connectivity index (χ0n) is 27.6. The predicted molar refractivity (Wildman–Crippen MR) is 176 cm³/mol. The minimum Gasteiger partial charge on any atom is -0.407 e. The summed E-state index contributed by atoms with van der Waals surface area (Å²) >= 11 is 0. The van der Waals surface area contributed by atoms with Crippen molar-refractivity contribution in [2.75, 3.05) is 20.7 Å². The van der Waals surface area contributed by atoms with Gasteiger partial charge in [0.15, 0.2) is 5.79 Å². The third-order valence-corrected chi connectivity index (χ3v) is 13.9. The van der Waals surface area contributed by atoms with E-state index in [0.29, 0.717) is 5.92 Å². The van der Waals surface area contributed by atoms with E-state index in [-0.39, 0.29) is 29.1 Å². The van der Waals surface area contributed by atoms with Gasteiger partial charge in [-0.1, -0.05) is 109 Å². The highest BCUT2D eigenvalue weighted by atomic mass is 28.4. The van der Waals surface area contributed by atoms with Gasteiger partial charge in [-0.15, -0.1) is 0 Å². The summed E-state index contributed by atoms with van der Waals surface area (Å²) in [5.74, 6) is 0.298. The second kappa shape index (κ2) is 14.0. The summed E-state index contributed by atoms with van der Waals surface area (Å²) in [6.45, 7) is 20.8. The molecule has 0 N–H and O–H groups in total. The minimum atomic E-state index is -2.55. The van der Waals surface area contributed by atoms with Crippen molar-refractivity contribution in [1.82, 2.24) is 5.01 Å². The fraction of sp³-hybridized carbons (Fsp3) is 0.629. The fourth-order valence-electron chi connectivity index (χ4n) is 6.48. The van der Waals surface area contributed by atoms with Crippen LogP contribution in [0.5, 0.6) is 0 Å². The first-order valence-corrected chi connectivity index (χ1v) is 17.5. The Morgan fingerprint density at radius 1 is 1.00 bits per heavy atom. The van der Waals surface area contributed by atoms with E-state index in [9.17, 15) is 0 Å². The topological polar surface area (TPSA) is 43.3 Å². The van der Waals surface area contributed by atoms with Gasteiger partial charge >= 0.3 is 0 Å². The molecular weight excluding hydrogens is 524 g/mol. The lowest BCUT2D eigenvalue weighted by molar-refractivity contribution is -0.324. The molecule has 2 aromatic rings. The number of hydrogen-bond acceptors (Lipinski definition) is 5. The van der Waals surface area contributed by atoms with Crippen molar-refractivity contribution in [1.29, 1.82) is 0 Å². The third-order valence-electron chi connectivity index (χ3n) is 8.86. The molecule has 0 aliphatic carbocycles. The van der Waals surface area contributed by atoms with Crippen LogP contribution in [-0.2, 0) is 13.9 Å². The van der Waals surface area contributed by atoms with Crippen molar-refractivity contribution in [3.8, 4) is 0 Å². The van der Waals surface area contributed by atoms with Crippen LogP contribution in [0.15, 0.2) is 65.8 Å². The van der Waals surface area contributed by atoms with Crippen molar-refractivity contribution in [2.24, 2.45) is 22.9 Å². The van der Waals surface area contributed by atoms with Gasteiger partial charge in [0.05, 0.1) is 12.2 Å². The molecule has 1 fully saturated rings. The van der Waals surface area contributed by atoms with Gasteiger partial charge in [0, 0.05) is 38.2 Å². The van der Waals surface area contributed by atoms with E-state index in [1.807, 2.05) is 33.0 Å². The van der Waals surface area contributed by atoms with Gasteiger partial charge in [-0.25, -0.2) is 0 Å². The summed E-state index contributed by atoms with van der Waals surface area (Å²) in [5.41, 5.74) is 1.09. The van der Waals surface area contributed by atoms with Gasteiger partial charge in [-0.3, -0.25) is 0 Å². The van der Waals surface area contributed by atoms with Crippen molar-refractivity contribution in [3.05, 3.63) is 60.7 Å². The van der Waals surface area contributed by atoms with Crippen LogP contribution in [0.2, 0.25) is 5.04 Å². The summed E-state index contributed by atoms with van der Waals surface area (Å²) in [7, 11) is 1.38. The largest absolute Gasteiger partial charge is 0.407 e. The molecule has 0 unspecified atom stereocenters. The second-order valence-electron chi connectivity index (χ2n) is 13.7. The summed E-state index contributed by atoms with van der Waals surface area (Å²) < 4.78 is 20.4. The van der Waals surface area contributed by atoms with E-state index in [1.54, 1.807) is 0 Å². The average Bonchev–Trinajstić information content (AvgIpc) is 2.91. The maximum Gasteiger partial charge on any atom is 0.261 e. The zero-order valence-corrected chi connectivity index (χ0v) is 28.6. The van der Waals surface area contributed by atoms with Crippen LogP contribution < -0.4 is 10.4 Å². The number of rotatable bonds is 12. The highest BCUT2D eigenvalue weighted by Crippen LogP contribution is 2.39. The molecule has 228 valence electrons.